The Kier molecular flexibility index (Phi) is 158. The van der Waals surface area contributed by atoms with Gasteiger partial charge in [-0.1, -0.05) is 0 Å². The fourth-order valence-electron chi connectivity index (χ4n) is 0. The molecule has 31 heavy (non-hydrogen) atoms. The van der Waals surface area contributed by atoms with Gasteiger partial charge in [-0.25, -0.2) is 0 Å². The van der Waals surface area contributed by atoms with E-state index in [0.29, 0.717) is 0 Å². The van der Waals surface area contributed by atoms with Crippen molar-refractivity contribution in [3.8, 4) is 0 Å². The average molecular weight is 385 g/mol. The van der Waals surface area contributed by atoms with Crippen molar-refractivity contribution in [3.05, 3.63) is 0 Å². The number of carboxylic acid groups (broad SMARTS) is 6. The van der Waals surface area contributed by atoms with Crippen molar-refractivity contribution in [2.75, 3.05) is 0 Å². The van der Waals surface area contributed by atoms with Gasteiger partial charge in [-0.05, 0) is 0 Å². The second-order valence-corrected chi connectivity index (χ2v) is 2.01. The van der Waals surface area contributed by atoms with Gasteiger partial charge < -0.3 is 74.5 Å². The third kappa shape index (κ3) is 146. The fraction of sp³-hybridized carbons (Fsp3) is 0. The van der Waals surface area contributed by atoms with Crippen LogP contribution in [-0.2, 0) is 28.8 Å². The first-order valence-corrected chi connectivity index (χ1v) is 3.91. The van der Waals surface area contributed by atoms with Crippen LogP contribution >= 0.6 is 0 Å². The Labute approximate surface area is 283 Å². The molecule has 15 nitrogen and oxygen atoms in total. The maximum Gasteiger partial charge on any atom is 1.00 e. The van der Waals surface area contributed by atoms with Gasteiger partial charge in [-0.2, -0.15) is 0 Å². The molecule has 0 amide bonds. The molecule has 0 unspecified atom stereocenters. The van der Waals surface area contributed by atoms with Crippen LogP contribution in [0.1, 0.15) is 0 Å². The summed E-state index contributed by atoms with van der Waals surface area (Å²) in [4.78, 5) is 53.6. The summed E-state index contributed by atoms with van der Waals surface area (Å²) in [5.74, 6) is -13.1. The summed E-state index contributed by atoms with van der Waals surface area (Å²) in [6.07, 6.45) is 0. The zero-order valence-corrected chi connectivity index (χ0v) is 18.7. The van der Waals surface area contributed by atoms with Crippen LogP contribution in [0.25, 0.3) is 0 Å². The van der Waals surface area contributed by atoms with Crippen LogP contribution in [-0.4, -0.2) is 43.1 Å². The summed E-state index contributed by atoms with van der Waals surface area (Å²) in [5.41, 5.74) is 0. The zero-order chi connectivity index (χ0) is 19.0. The summed E-state index contributed by atoms with van der Waals surface area (Å²) < 4.78 is 0. The van der Waals surface area contributed by atoms with Crippen molar-refractivity contribution in [2.24, 2.45) is 0 Å². The van der Waals surface area contributed by atoms with Crippen LogP contribution in [0.3, 0.4) is 0 Å². The van der Waals surface area contributed by atoms with E-state index in [1.165, 1.54) is 0 Å². The summed E-state index contributed by atoms with van der Waals surface area (Å²) in [7, 11) is -2.92. The molecule has 0 bridgehead atoms. The molecule has 0 aliphatic carbocycles. The maximum absolute atomic E-state index is 8.93. The Morgan fingerprint density at radius 3 is 0.355 bits per heavy atom. The molecule has 0 aliphatic heterocycles. The Hall–Kier alpha value is 2.14. The van der Waals surface area contributed by atoms with Crippen molar-refractivity contribution in [3.63, 3.8) is 0 Å². The van der Waals surface area contributed by atoms with Crippen molar-refractivity contribution < 1.29 is 244 Å². The molecule has 0 spiro atoms. The summed E-state index contributed by atoms with van der Waals surface area (Å²) >= 11 is 0. The van der Waals surface area contributed by atoms with Crippen LogP contribution < -0.4 is 215 Å². The standard InChI is InChI=1S/3C2H2O4.BO3.9Li/c3*3-1(4)2(5)6;2-1(3)4;;;;;;;;;/h3*(H,3,4)(H,5,6);;;;;;;;;;/q;;;-3;9*+1/p-6. The number of carbonyl (C=O) groups excluding carboxylic acids is 6. The zero-order valence-electron chi connectivity index (χ0n) is 18.7. The van der Waals surface area contributed by atoms with Crippen molar-refractivity contribution in [1.29, 1.82) is 0 Å². The van der Waals surface area contributed by atoms with Gasteiger partial charge in [-0.3, -0.25) is 7.32 Å². The van der Waals surface area contributed by atoms with E-state index in [-0.39, 0.29) is 170 Å². The van der Waals surface area contributed by atoms with Crippen molar-refractivity contribution >= 4 is 43.1 Å². The molecule has 25 heteroatoms. The molecule has 0 rings (SSSR count). The van der Waals surface area contributed by atoms with Crippen LogP contribution in [0.5, 0.6) is 0 Å². The number of hydrogen-bond acceptors (Lipinski definition) is 15. The van der Waals surface area contributed by atoms with E-state index in [0.717, 1.165) is 0 Å². The molecule has 0 saturated heterocycles. The predicted molar refractivity (Wildman–Crippen MR) is 35.8 cm³/mol. The van der Waals surface area contributed by atoms with Gasteiger partial charge in [0.25, 0.3) is 0 Å². The van der Waals surface area contributed by atoms with E-state index >= 15 is 0 Å². The molecule has 126 valence electrons. The number of aliphatic carboxylic acids is 6. The molecule has 0 radical (unpaired) electrons. The van der Waals surface area contributed by atoms with Crippen molar-refractivity contribution in [1.82, 2.24) is 0 Å². The Bertz CT molecular complexity index is 341. The Balaban J connectivity index is -0.0000000116. The average Bonchev–Trinajstić information content (AvgIpc) is 2.29. The van der Waals surface area contributed by atoms with Gasteiger partial charge in [0.15, 0.2) is 0 Å². The fourth-order valence-corrected chi connectivity index (χ4v) is 0. The molecule has 0 saturated carbocycles. The molecule has 0 aliphatic rings. The largest absolute Gasteiger partial charge is 1.00 e. The SMILES string of the molecule is O=C([O-])C(=O)[O-].O=C([O-])C(=O)[O-].O=C([O-])C(=O)[O-].[Li+].[Li+].[Li+].[Li+].[Li+].[Li+].[Li+].[Li+].[Li+].[O-]B([O-])[O-]. The molecular weight excluding hydrogens is 385 g/mol. The first kappa shape index (κ1) is 84.4. The topological polar surface area (TPSA) is 310 Å². The summed E-state index contributed by atoms with van der Waals surface area (Å²) in [6.45, 7) is 0. The third-order valence-electron chi connectivity index (χ3n) is 0.500. The van der Waals surface area contributed by atoms with E-state index in [1.807, 2.05) is 0 Å². The molecule has 0 aromatic heterocycles. The van der Waals surface area contributed by atoms with Gasteiger partial charge in [0.2, 0.25) is 0 Å². The van der Waals surface area contributed by atoms with Crippen LogP contribution in [0.4, 0.5) is 0 Å². The van der Waals surface area contributed by atoms with Crippen LogP contribution in [0.2, 0.25) is 0 Å². The second-order valence-electron chi connectivity index (χ2n) is 2.01. The maximum atomic E-state index is 8.93. The molecule has 0 heterocycles. The quantitative estimate of drug-likeness (QED) is 0.276. The minimum absolute atomic E-state index is 0. The van der Waals surface area contributed by atoms with Crippen LogP contribution in [0.15, 0.2) is 0 Å². The van der Waals surface area contributed by atoms with Gasteiger partial charge in [0, 0.05) is 0 Å². The number of carboxylic acids is 6. The molecule has 0 N–H and O–H groups in total. The van der Waals surface area contributed by atoms with Crippen LogP contribution in [0, 0.1) is 0 Å². The van der Waals surface area contributed by atoms with Gasteiger partial charge in [0.1, 0.15) is 0 Å². The predicted octanol–water partition coefficient (Wildman–Crippen LogP) is -41.5. The number of carbonyl (C=O) groups is 6. The van der Waals surface area contributed by atoms with E-state index in [1.54, 1.807) is 0 Å². The minimum atomic E-state index is -2.92. The Morgan fingerprint density at radius 2 is 0.355 bits per heavy atom. The van der Waals surface area contributed by atoms with E-state index in [9.17, 15) is 0 Å². The normalized spacial score (nSPS) is 5.13. The molecule has 0 atom stereocenters. The van der Waals surface area contributed by atoms with Gasteiger partial charge in [-0.15, -0.1) is 0 Å². The van der Waals surface area contributed by atoms with E-state index in [4.69, 9.17) is 74.5 Å². The third-order valence-corrected chi connectivity index (χ3v) is 0.500. The number of hydrogen-bond donors (Lipinski definition) is 0. The van der Waals surface area contributed by atoms with Gasteiger partial charge in [0.05, 0.1) is 35.8 Å². The van der Waals surface area contributed by atoms with Crippen molar-refractivity contribution in [2.45, 2.75) is 0 Å². The van der Waals surface area contributed by atoms with E-state index in [2.05, 4.69) is 0 Å². The molecule has 0 fully saturated rings. The van der Waals surface area contributed by atoms with E-state index < -0.39 is 43.1 Å². The first-order valence-electron chi connectivity index (χ1n) is 3.91. The Morgan fingerprint density at radius 1 is 0.323 bits per heavy atom. The monoisotopic (exact) mass is 386 g/mol. The first-order chi connectivity index (χ1) is 9.66. The molecule has 0 aromatic rings. The number of rotatable bonds is 0. The summed E-state index contributed by atoms with van der Waals surface area (Å²) in [5, 5.41) is 78.8. The second kappa shape index (κ2) is 58.2. The van der Waals surface area contributed by atoms with Gasteiger partial charge >= 0.3 is 170 Å². The smallest absolute Gasteiger partial charge is 0.907 e. The molecule has 0 aromatic carbocycles. The minimum Gasteiger partial charge on any atom is -0.907 e. The summed E-state index contributed by atoms with van der Waals surface area (Å²) in [6, 6.07) is 0. The molecular formula is C6BLi9O15.